The highest BCUT2D eigenvalue weighted by atomic mass is 15.2. The molecule has 0 aromatic carbocycles. The Morgan fingerprint density at radius 2 is 2.33 bits per heavy atom. The van der Waals surface area contributed by atoms with Crippen LogP contribution < -0.4 is 4.90 Å². The molecule has 0 radical (unpaired) electrons. The van der Waals surface area contributed by atoms with Crippen LogP contribution in [0.3, 0.4) is 0 Å². The summed E-state index contributed by atoms with van der Waals surface area (Å²) in [6.07, 6.45) is 10.0. The van der Waals surface area contributed by atoms with Gasteiger partial charge in [-0.05, 0) is 31.2 Å². The van der Waals surface area contributed by atoms with Crippen LogP contribution in [0, 0.1) is 11.8 Å². The van der Waals surface area contributed by atoms with Gasteiger partial charge >= 0.3 is 0 Å². The summed E-state index contributed by atoms with van der Waals surface area (Å²) in [5.41, 5.74) is 1.38. The first kappa shape index (κ1) is 13.1. The first-order valence-corrected chi connectivity index (χ1v) is 7.12. The zero-order valence-corrected chi connectivity index (χ0v) is 11.3. The molecule has 1 aromatic rings. The molecule has 0 bridgehead atoms. The Labute approximate surface area is 110 Å². The van der Waals surface area contributed by atoms with Gasteiger partial charge < -0.3 is 4.90 Å². The zero-order valence-electron chi connectivity index (χ0n) is 11.3. The molecule has 1 unspecified atom stereocenters. The molecule has 0 amide bonds. The van der Waals surface area contributed by atoms with Crippen molar-refractivity contribution in [1.29, 1.82) is 0 Å². The number of quaternary nitrogens is 1. The third-order valence-electron chi connectivity index (χ3n) is 3.64. The average Bonchev–Trinajstić information content (AvgIpc) is 2.45. The fourth-order valence-electron chi connectivity index (χ4n) is 2.66. The van der Waals surface area contributed by atoms with Gasteiger partial charge in [0.05, 0.1) is 6.54 Å². The van der Waals surface area contributed by atoms with Gasteiger partial charge in [-0.2, -0.15) is 0 Å². The molecule has 1 fully saturated rings. The lowest BCUT2D eigenvalue weighted by molar-refractivity contribution is -0.930. The van der Waals surface area contributed by atoms with E-state index in [0.717, 1.165) is 19.4 Å². The molecular weight excluding hydrogens is 220 g/mol. The molecule has 2 heteroatoms. The predicted molar refractivity (Wildman–Crippen MR) is 74.2 cm³/mol. The molecule has 96 valence electrons. The Morgan fingerprint density at radius 3 is 3.11 bits per heavy atom. The van der Waals surface area contributed by atoms with Crippen LogP contribution in [0.2, 0.25) is 0 Å². The van der Waals surface area contributed by atoms with Gasteiger partial charge in [0, 0.05) is 30.8 Å². The largest absolute Gasteiger partial charge is 0.319 e. The Morgan fingerprint density at radius 1 is 1.39 bits per heavy atom. The lowest BCUT2D eigenvalue weighted by Crippen LogP contribution is -3.13. The van der Waals surface area contributed by atoms with Crippen molar-refractivity contribution in [2.24, 2.45) is 0 Å². The Balaban J connectivity index is 2.01. The summed E-state index contributed by atoms with van der Waals surface area (Å²) in [7, 11) is 0. The second-order valence-electron chi connectivity index (χ2n) is 5.02. The first-order chi connectivity index (χ1) is 8.92. The van der Waals surface area contributed by atoms with Crippen LogP contribution in [0.15, 0.2) is 24.5 Å². The maximum atomic E-state index is 4.25. The van der Waals surface area contributed by atoms with Crippen molar-refractivity contribution in [1.82, 2.24) is 4.98 Å². The van der Waals surface area contributed by atoms with Crippen molar-refractivity contribution in [2.45, 2.75) is 45.1 Å². The molecule has 1 N–H and O–H groups in total. The van der Waals surface area contributed by atoms with Crippen LogP contribution in [0.4, 0.5) is 0 Å². The molecule has 2 heterocycles. The number of aromatic nitrogens is 1. The fraction of sp³-hybridized carbons (Fsp3) is 0.562. The summed E-state index contributed by atoms with van der Waals surface area (Å²) >= 11 is 0. The highest BCUT2D eigenvalue weighted by molar-refractivity contribution is 5.12. The summed E-state index contributed by atoms with van der Waals surface area (Å²) in [4.78, 5) is 5.88. The maximum Gasteiger partial charge on any atom is 0.139 e. The summed E-state index contributed by atoms with van der Waals surface area (Å²) in [5.74, 6) is 6.62. The van der Waals surface area contributed by atoms with Crippen molar-refractivity contribution in [2.75, 3.05) is 13.1 Å². The number of hydrogen-bond donors (Lipinski definition) is 1. The van der Waals surface area contributed by atoms with E-state index >= 15 is 0 Å². The van der Waals surface area contributed by atoms with Gasteiger partial charge in [-0.1, -0.05) is 18.9 Å². The number of unbranched alkanes of at least 4 members (excludes halogenated alkanes) is 1. The van der Waals surface area contributed by atoms with Crippen LogP contribution >= 0.6 is 0 Å². The molecule has 1 aliphatic heterocycles. The zero-order chi connectivity index (χ0) is 12.6. The van der Waals surface area contributed by atoms with Gasteiger partial charge in [0.25, 0.3) is 0 Å². The average molecular weight is 243 g/mol. The molecule has 2 nitrogen and oxygen atoms in total. The van der Waals surface area contributed by atoms with Crippen molar-refractivity contribution in [3.8, 4) is 11.8 Å². The van der Waals surface area contributed by atoms with Crippen molar-refractivity contribution >= 4 is 0 Å². The van der Waals surface area contributed by atoms with E-state index in [-0.39, 0.29) is 0 Å². The van der Waals surface area contributed by atoms with Gasteiger partial charge in [-0.15, -0.1) is 0 Å². The maximum absolute atomic E-state index is 4.25. The number of nitrogens with one attached hydrogen (secondary N) is 1. The highest BCUT2D eigenvalue weighted by Gasteiger charge is 2.26. The lowest BCUT2D eigenvalue weighted by Gasteiger charge is -2.31. The molecule has 0 aliphatic carbocycles. The highest BCUT2D eigenvalue weighted by Crippen LogP contribution is 2.17. The van der Waals surface area contributed by atoms with E-state index in [1.54, 1.807) is 4.90 Å². The Kier molecular flexibility index (Phi) is 5.23. The van der Waals surface area contributed by atoms with E-state index in [2.05, 4.69) is 29.8 Å². The van der Waals surface area contributed by atoms with Crippen LogP contribution in [-0.4, -0.2) is 18.1 Å². The lowest BCUT2D eigenvalue weighted by atomic mass is 9.96. The van der Waals surface area contributed by atoms with Crippen LogP contribution in [-0.2, 0) is 0 Å². The standard InChI is InChI=1S/C16H22N2/c1-2-3-4-6-12-18-13-7-5-10-16(18)15-9-8-11-17-14-15/h8-9,11,14,16H,2-3,5,7,10,12-13H2,1H3/p+1/t16-/m0/s1. The van der Waals surface area contributed by atoms with Crippen molar-refractivity contribution in [3.63, 3.8) is 0 Å². The summed E-state index contributed by atoms with van der Waals surface area (Å²) in [6.45, 7) is 4.42. The normalized spacial score (nSPS) is 23.2. The number of pyridine rings is 1. The second-order valence-corrected chi connectivity index (χ2v) is 5.02. The van der Waals surface area contributed by atoms with Crippen LogP contribution in [0.5, 0.6) is 0 Å². The topological polar surface area (TPSA) is 17.3 Å². The van der Waals surface area contributed by atoms with E-state index < -0.39 is 0 Å². The van der Waals surface area contributed by atoms with E-state index in [9.17, 15) is 0 Å². The quantitative estimate of drug-likeness (QED) is 0.804. The fourth-order valence-corrected chi connectivity index (χ4v) is 2.66. The minimum absolute atomic E-state index is 0.600. The minimum atomic E-state index is 0.600. The van der Waals surface area contributed by atoms with E-state index in [0.29, 0.717) is 6.04 Å². The third kappa shape index (κ3) is 3.58. The van der Waals surface area contributed by atoms with Gasteiger partial charge in [0.1, 0.15) is 12.6 Å². The number of rotatable bonds is 3. The van der Waals surface area contributed by atoms with Gasteiger partial charge in [-0.25, -0.2) is 0 Å². The molecule has 18 heavy (non-hydrogen) atoms. The number of piperidine rings is 1. The monoisotopic (exact) mass is 243 g/mol. The van der Waals surface area contributed by atoms with Gasteiger partial charge in [-0.3, -0.25) is 4.98 Å². The minimum Gasteiger partial charge on any atom is -0.319 e. The molecule has 0 spiro atoms. The van der Waals surface area contributed by atoms with Gasteiger partial charge in [0.15, 0.2) is 0 Å². The number of nitrogens with zero attached hydrogens (tertiary/aromatic N) is 1. The predicted octanol–water partition coefficient (Wildman–Crippen LogP) is 1.99. The summed E-state index contributed by atoms with van der Waals surface area (Å²) < 4.78 is 0. The van der Waals surface area contributed by atoms with Gasteiger partial charge in [0.2, 0.25) is 0 Å². The smallest absolute Gasteiger partial charge is 0.139 e. The number of likely N-dealkylation sites (tertiary alicyclic amines) is 1. The summed E-state index contributed by atoms with van der Waals surface area (Å²) in [6, 6.07) is 4.86. The summed E-state index contributed by atoms with van der Waals surface area (Å²) in [5, 5.41) is 0. The van der Waals surface area contributed by atoms with Crippen molar-refractivity contribution in [3.05, 3.63) is 30.1 Å². The van der Waals surface area contributed by atoms with E-state index in [1.807, 2.05) is 18.5 Å². The third-order valence-corrected chi connectivity index (χ3v) is 3.64. The second kappa shape index (κ2) is 7.18. The van der Waals surface area contributed by atoms with Crippen LogP contribution in [0.25, 0.3) is 0 Å². The molecule has 1 aliphatic rings. The van der Waals surface area contributed by atoms with E-state index in [1.165, 1.54) is 31.4 Å². The molecule has 2 atom stereocenters. The molecule has 1 aromatic heterocycles. The Hall–Kier alpha value is -1.33. The first-order valence-electron chi connectivity index (χ1n) is 7.12. The molecule has 2 rings (SSSR count). The SMILES string of the molecule is CCCC#CC[NH+]1CCCC[C@H]1c1cccnc1. The molecule has 1 saturated heterocycles. The molecule has 0 saturated carbocycles. The van der Waals surface area contributed by atoms with Crippen LogP contribution in [0.1, 0.15) is 50.6 Å². The van der Waals surface area contributed by atoms with E-state index in [4.69, 9.17) is 0 Å². The van der Waals surface area contributed by atoms with Crippen molar-refractivity contribution < 1.29 is 4.90 Å². The molecular formula is C16H23N2+. The number of hydrogen-bond acceptors (Lipinski definition) is 1. The Bertz CT molecular complexity index is 402.